The van der Waals surface area contributed by atoms with Gasteiger partial charge in [0, 0.05) is 37.6 Å². The highest BCUT2D eigenvalue weighted by molar-refractivity contribution is 7.12. The van der Waals surface area contributed by atoms with Gasteiger partial charge in [0.05, 0.1) is 5.69 Å². The van der Waals surface area contributed by atoms with Crippen LogP contribution >= 0.6 is 11.3 Å². The average molecular weight is 330 g/mol. The van der Waals surface area contributed by atoms with Crippen LogP contribution in [0, 0.1) is 0 Å². The number of nitrogens with zero attached hydrogens (tertiary/aromatic N) is 2. The lowest BCUT2D eigenvalue weighted by molar-refractivity contribution is 0.0772. The average Bonchev–Trinajstić information content (AvgIpc) is 2.87. The van der Waals surface area contributed by atoms with Gasteiger partial charge in [0.1, 0.15) is 4.88 Å². The molecule has 23 heavy (non-hydrogen) atoms. The normalized spacial score (nSPS) is 15.0. The van der Waals surface area contributed by atoms with Gasteiger partial charge in [-0.1, -0.05) is 0 Å². The molecule has 0 spiro atoms. The molecule has 3 heterocycles. The Morgan fingerprint density at radius 3 is 2.83 bits per heavy atom. The van der Waals surface area contributed by atoms with E-state index in [9.17, 15) is 9.59 Å². The van der Waals surface area contributed by atoms with Gasteiger partial charge in [-0.05, 0) is 36.5 Å². The van der Waals surface area contributed by atoms with Gasteiger partial charge in [0.15, 0.2) is 0 Å². The molecule has 120 valence electrons. The zero-order chi connectivity index (χ0) is 16.1. The summed E-state index contributed by atoms with van der Waals surface area (Å²) in [6, 6.07) is 5.06. The van der Waals surface area contributed by atoms with Crippen LogP contribution in [0.5, 0.6) is 0 Å². The number of aromatic nitrogens is 1. The molecule has 2 N–H and O–H groups in total. The number of nitrogens with one attached hydrogen (secondary N) is 2. The maximum atomic E-state index is 12.7. The van der Waals surface area contributed by atoms with Crippen molar-refractivity contribution in [2.75, 3.05) is 31.5 Å². The van der Waals surface area contributed by atoms with E-state index in [0.29, 0.717) is 22.7 Å². The van der Waals surface area contributed by atoms with E-state index in [4.69, 9.17) is 0 Å². The molecular weight excluding hydrogens is 312 g/mol. The Kier molecular flexibility index (Phi) is 4.99. The molecule has 1 saturated heterocycles. The summed E-state index contributed by atoms with van der Waals surface area (Å²) in [6.07, 6.45) is 4.08. The lowest BCUT2D eigenvalue weighted by Crippen LogP contribution is -2.34. The van der Waals surface area contributed by atoms with Crippen molar-refractivity contribution in [1.29, 1.82) is 0 Å². The first kappa shape index (κ1) is 15.6. The number of amides is 2. The van der Waals surface area contributed by atoms with Gasteiger partial charge in [0.25, 0.3) is 11.8 Å². The molecule has 2 amide bonds. The van der Waals surface area contributed by atoms with Crippen LogP contribution in [0.25, 0.3) is 0 Å². The summed E-state index contributed by atoms with van der Waals surface area (Å²) in [5, 5.41) is 7.93. The van der Waals surface area contributed by atoms with Gasteiger partial charge in [-0.3, -0.25) is 14.6 Å². The first-order valence-electron chi connectivity index (χ1n) is 7.54. The molecule has 0 aliphatic carbocycles. The van der Waals surface area contributed by atoms with Crippen LogP contribution in [0.2, 0.25) is 0 Å². The van der Waals surface area contributed by atoms with Crippen LogP contribution in [0.3, 0.4) is 0 Å². The summed E-state index contributed by atoms with van der Waals surface area (Å²) < 4.78 is 0. The minimum Gasteiger partial charge on any atom is -0.337 e. The third kappa shape index (κ3) is 3.75. The number of thiophene rings is 1. The van der Waals surface area contributed by atoms with E-state index >= 15 is 0 Å². The summed E-state index contributed by atoms with van der Waals surface area (Å²) in [6.45, 7) is 3.16. The molecule has 6 nitrogen and oxygen atoms in total. The van der Waals surface area contributed by atoms with Gasteiger partial charge in [0.2, 0.25) is 0 Å². The Morgan fingerprint density at radius 2 is 2.00 bits per heavy atom. The van der Waals surface area contributed by atoms with Crippen molar-refractivity contribution >= 4 is 28.8 Å². The molecule has 2 aromatic rings. The minimum atomic E-state index is -0.239. The summed E-state index contributed by atoms with van der Waals surface area (Å²) in [7, 11) is 0. The Morgan fingerprint density at radius 1 is 1.17 bits per heavy atom. The van der Waals surface area contributed by atoms with E-state index in [1.54, 1.807) is 30.6 Å². The van der Waals surface area contributed by atoms with E-state index in [0.717, 1.165) is 26.1 Å². The Hall–Kier alpha value is -2.25. The van der Waals surface area contributed by atoms with Gasteiger partial charge >= 0.3 is 0 Å². The van der Waals surface area contributed by atoms with Crippen molar-refractivity contribution in [1.82, 2.24) is 15.2 Å². The van der Waals surface area contributed by atoms with E-state index in [1.165, 1.54) is 11.3 Å². The van der Waals surface area contributed by atoms with Gasteiger partial charge in [-0.15, -0.1) is 11.3 Å². The van der Waals surface area contributed by atoms with E-state index in [2.05, 4.69) is 15.6 Å². The molecule has 0 unspecified atom stereocenters. The molecule has 0 bridgehead atoms. The first-order chi connectivity index (χ1) is 11.3. The minimum absolute atomic E-state index is 0.0197. The van der Waals surface area contributed by atoms with E-state index < -0.39 is 0 Å². The van der Waals surface area contributed by atoms with Gasteiger partial charge < -0.3 is 15.5 Å². The molecule has 2 aromatic heterocycles. The molecule has 0 atom stereocenters. The van der Waals surface area contributed by atoms with Crippen LogP contribution in [-0.4, -0.2) is 47.9 Å². The third-order valence-electron chi connectivity index (χ3n) is 3.68. The molecule has 1 aliphatic heterocycles. The van der Waals surface area contributed by atoms with E-state index in [1.807, 2.05) is 10.3 Å². The lowest BCUT2D eigenvalue weighted by atomic mass is 10.2. The monoisotopic (exact) mass is 330 g/mol. The molecule has 3 rings (SSSR count). The fraction of sp³-hybridized carbons (Fsp3) is 0.312. The molecular formula is C16H18N4O2S. The first-order valence-corrected chi connectivity index (χ1v) is 8.42. The predicted octanol–water partition coefficient (Wildman–Crippen LogP) is 1.83. The third-order valence-corrected chi connectivity index (χ3v) is 4.58. The maximum absolute atomic E-state index is 12.7. The summed E-state index contributed by atoms with van der Waals surface area (Å²) in [5.41, 5.74) is 1.09. The summed E-state index contributed by atoms with van der Waals surface area (Å²) in [4.78, 5) is 31.3. The van der Waals surface area contributed by atoms with Crippen molar-refractivity contribution in [2.45, 2.75) is 6.42 Å². The quantitative estimate of drug-likeness (QED) is 0.900. The second-order valence-electron chi connectivity index (χ2n) is 5.25. The van der Waals surface area contributed by atoms with Crippen molar-refractivity contribution in [3.8, 4) is 0 Å². The smallest absolute Gasteiger partial charge is 0.266 e. The molecule has 0 aromatic carbocycles. The molecule has 7 heteroatoms. The van der Waals surface area contributed by atoms with Crippen LogP contribution in [0.1, 0.15) is 26.5 Å². The number of carbonyl (C=O) groups is 2. The molecule has 1 fully saturated rings. The van der Waals surface area contributed by atoms with Crippen LogP contribution in [0.15, 0.2) is 36.0 Å². The second kappa shape index (κ2) is 7.34. The number of rotatable bonds is 3. The van der Waals surface area contributed by atoms with Crippen molar-refractivity contribution < 1.29 is 9.59 Å². The molecule has 0 radical (unpaired) electrons. The van der Waals surface area contributed by atoms with Crippen LogP contribution < -0.4 is 10.6 Å². The Balaban J connectivity index is 1.74. The predicted molar refractivity (Wildman–Crippen MR) is 89.9 cm³/mol. The van der Waals surface area contributed by atoms with Crippen molar-refractivity contribution in [3.05, 3.63) is 46.4 Å². The van der Waals surface area contributed by atoms with Crippen LogP contribution in [-0.2, 0) is 0 Å². The van der Waals surface area contributed by atoms with Crippen LogP contribution in [0.4, 0.5) is 5.69 Å². The highest BCUT2D eigenvalue weighted by atomic mass is 32.1. The largest absolute Gasteiger partial charge is 0.337 e. The van der Waals surface area contributed by atoms with Gasteiger partial charge in [-0.2, -0.15) is 0 Å². The Bertz CT molecular complexity index is 678. The zero-order valence-electron chi connectivity index (χ0n) is 12.6. The number of carbonyl (C=O) groups excluding carboxylic acids is 2. The fourth-order valence-electron chi connectivity index (χ4n) is 2.46. The molecule has 1 aliphatic rings. The SMILES string of the molecule is O=C(Nc1ccsc1C(=O)N1CCCNCC1)c1ccncc1. The number of pyridine rings is 1. The summed E-state index contributed by atoms with van der Waals surface area (Å²) >= 11 is 1.36. The highest BCUT2D eigenvalue weighted by Gasteiger charge is 2.22. The lowest BCUT2D eigenvalue weighted by Gasteiger charge is -2.20. The molecule has 0 saturated carbocycles. The number of anilines is 1. The highest BCUT2D eigenvalue weighted by Crippen LogP contribution is 2.25. The standard InChI is InChI=1S/C16H18N4O2S/c21-15(12-2-6-18-7-3-12)19-13-4-11-23-14(13)16(22)20-9-1-5-17-8-10-20/h2-4,6-7,11,17H,1,5,8-10H2,(H,19,21). The Labute approximate surface area is 138 Å². The number of hydrogen-bond donors (Lipinski definition) is 2. The maximum Gasteiger partial charge on any atom is 0.266 e. The van der Waals surface area contributed by atoms with Gasteiger partial charge in [-0.25, -0.2) is 0 Å². The fourth-order valence-corrected chi connectivity index (χ4v) is 3.28. The zero-order valence-corrected chi connectivity index (χ0v) is 13.4. The second-order valence-corrected chi connectivity index (χ2v) is 6.17. The topological polar surface area (TPSA) is 74.3 Å². The van der Waals surface area contributed by atoms with Crippen molar-refractivity contribution in [2.24, 2.45) is 0 Å². The van der Waals surface area contributed by atoms with Crippen molar-refractivity contribution in [3.63, 3.8) is 0 Å². The van der Waals surface area contributed by atoms with E-state index in [-0.39, 0.29) is 11.8 Å². The number of hydrogen-bond acceptors (Lipinski definition) is 5. The summed E-state index contributed by atoms with van der Waals surface area (Å²) in [5.74, 6) is -0.258.